The Bertz CT molecular complexity index is 42.9. The van der Waals surface area contributed by atoms with Crippen LogP contribution in [0, 0.1) is 0 Å². The second kappa shape index (κ2) is 0.944. The lowest BCUT2D eigenvalue weighted by Crippen LogP contribution is -2.24. The van der Waals surface area contributed by atoms with Crippen LogP contribution in [0.3, 0.4) is 0 Å². The third kappa shape index (κ3) is 0.302. The standard InChI is InChI=1S/C2H4N3/c1-2-4-5-3-1/h1-3,5H. The van der Waals surface area contributed by atoms with Crippen molar-refractivity contribution in [2.75, 3.05) is 0 Å². The van der Waals surface area contributed by atoms with Crippen molar-refractivity contribution in [2.24, 2.45) is 0 Å². The summed E-state index contributed by atoms with van der Waals surface area (Å²) in [6, 6.07) is 0. The lowest BCUT2D eigenvalue weighted by Gasteiger charge is -1.82. The number of hydrogen-bond acceptors (Lipinski definition) is 2. The highest BCUT2D eigenvalue weighted by Crippen LogP contribution is 1.61. The van der Waals surface area contributed by atoms with Crippen LogP contribution in [0.4, 0.5) is 0 Å². The van der Waals surface area contributed by atoms with Crippen molar-refractivity contribution in [3.8, 4) is 0 Å². The summed E-state index contributed by atoms with van der Waals surface area (Å²) < 4.78 is 0. The van der Waals surface area contributed by atoms with Gasteiger partial charge >= 0.3 is 0 Å². The number of nitrogens with zero attached hydrogens (tertiary/aromatic N) is 1. The molecule has 1 rings (SSSR count). The molecule has 0 saturated carbocycles. The van der Waals surface area contributed by atoms with E-state index in [1.807, 2.05) is 0 Å². The summed E-state index contributed by atoms with van der Waals surface area (Å²) in [6.07, 6.45) is 3.35. The van der Waals surface area contributed by atoms with Crippen molar-refractivity contribution >= 4 is 0 Å². The van der Waals surface area contributed by atoms with E-state index < -0.39 is 0 Å². The zero-order valence-electron chi connectivity index (χ0n) is 2.60. The fraction of sp³-hybridized carbons (Fsp3) is 0. The van der Waals surface area contributed by atoms with Gasteiger partial charge in [-0.3, -0.25) is 0 Å². The van der Waals surface area contributed by atoms with E-state index >= 15 is 0 Å². The molecule has 2 N–H and O–H groups in total. The van der Waals surface area contributed by atoms with E-state index in [-0.39, 0.29) is 0 Å². The summed E-state index contributed by atoms with van der Waals surface area (Å²) >= 11 is 0. The molecule has 0 atom stereocenters. The van der Waals surface area contributed by atoms with Gasteiger partial charge in [-0.25, -0.2) is 0 Å². The summed E-state index contributed by atoms with van der Waals surface area (Å²) in [5.74, 6) is 0. The molecule has 0 spiro atoms. The second-order valence-electron chi connectivity index (χ2n) is 0.701. The molecular formula is C2H4N3. The van der Waals surface area contributed by atoms with E-state index in [4.69, 9.17) is 0 Å². The van der Waals surface area contributed by atoms with Crippen molar-refractivity contribution < 1.29 is 0 Å². The third-order valence-electron chi connectivity index (χ3n) is 0.362. The first-order chi connectivity index (χ1) is 2.50. The lowest BCUT2D eigenvalue weighted by molar-refractivity contribution is 0.604. The van der Waals surface area contributed by atoms with Gasteiger partial charge in [0.15, 0.2) is 0 Å². The maximum absolute atomic E-state index is 3.54. The van der Waals surface area contributed by atoms with Crippen LogP contribution < -0.4 is 16.4 Å². The van der Waals surface area contributed by atoms with Gasteiger partial charge in [0.25, 0.3) is 0 Å². The molecule has 0 saturated heterocycles. The highest BCUT2D eigenvalue weighted by molar-refractivity contribution is 4.77. The summed E-state index contributed by atoms with van der Waals surface area (Å²) in [4.78, 5) is 0. The van der Waals surface area contributed by atoms with Crippen LogP contribution in [0.5, 0.6) is 0 Å². The summed E-state index contributed by atoms with van der Waals surface area (Å²) in [6.45, 7) is 0. The first-order valence-electron chi connectivity index (χ1n) is 1.35. The topological polar surface area (TPSA) is 38.2 Å². The Morgan fingerprint density at radius 3 is 2.80 bits per heavy atom. The Labute approximate surface area is 30.0 Å². The largest absolute Gasteiger partial charge is 0.308 e. The van der Waals surface area contributed by atoms with Crippen molar-refractivity contribution in [3.63, 3.8) is 0 Å². The van der Waals surface area contributed by atoms with Crippen molar-refractivity contribution in [1.82, 2.24) is 16.4 Å². The smallest absolute Gasteiger partial charge is 0.0603 e. The summed E-state index contributed by atoms with van der Waals surface area (Å²) in [7, 11) is 0. The van der Waals surface area contributed by atoms with Gasteiger partial charge in [0, 0.05) is 6.20 Å². The minimum Gasteiger partial charge on any atom is -0.308 e. The Hall–Kier alpha value is -0.700. The van der Waals surface area contributed by atoms with E-state index in [0.29, 0.717) is 0 Å². The van der Waals surface area contributed by atoms with Crippen LogP contribution in [0.2, 0.25) is 0 Å². The van der Waals surface area contributed by atoms with Gasteiger partial charge in [0.05, 0.1) is 6.20 Å². The van der Waals surface area contributed by atoms with Gasteiger partial charge < -0.3 is 5.43 Å². The van der Waals surface area contributed by atoms with Gasteiger partial charge in [0.2, 0.25) is 0 Å². The molecule has 5 heavy (non-hydrogen) atoms. The molecule has 1 aliphatic rings. The monoisotopic (exact) mass is 70.0 g/mol. The molecule has 3 heteroatoms. The maximum atomic E-state index is 3.54. The fourth-order valence-corrected chi connectivity index (χ4v) is 0.186. The molecule has 0 aromatic carbocycles. The van der Waals surface area contributed by atoms with E-state index in [1.165, 1.54) is 0 Å². The fourth-order valence-electron chi connectivity index (χ4n) is 0.186. The lowest BCUT2D eigenvalue weighted by atomic mass is 11.0. The number of hydrazine groups is 1. The third-order valence-corrected chi connectivity index (χ3v) is 0.362. The highest BCUT2D eigenvalue weighted by atomic mass is 15.6. The molecular weight excluding hydrogens is 66.0 g/mol. The van der Waals surface area contributed by atoms with E-state index in [1.54, 1.807) is 12.4 Å². The average molecular weight is 70.1 g/mol. The maximum Gasteiger partial charge on any atom is 0.0603 e. The van der Waals surface area contributed by atoms with Gasteiger partial charge in [-0.15, -0.1) is 5.53 Å². The normalized spacial score (nSPS) is 17.6. The molecule has 0 aromatic heterocycles. The zero-order valence-corrected chi connectivity index (χ0v) is 2.60. The molecule has 0 fully saturated rings. The van der Waals surface area contributed by atoms with E-state index in [2.05, 4.69) is 16.4 Å². The molecule has 27 valence electrons. The zero-order chi connectivity index (χ0) is 3.54. The first kappa shape index (κ1) is 2.53. The molecule has 3 nitrogen and oxygen atoms in total. The quantitative estimate of drug-likeness (QED) is 0.387. The SMILES string of the molecule is C1=CNN[N]1. The van der Waals surface area contributed by atoms with Crippen molar-refractivity contribution in [3.05, 3.63) is 12.4 Å². The molecule has 0 amide bonds. The van der Waals surface area contributed by atoms with Gasteiger partial charge in [-0.1, -0.05) is 0 Å². The number of nitrogens with one attached hydrogen (secondary N) is 2. The Morgan fingerprint density at radius 2 is 2.60 bits per heavy atom. The van der Waals surface area contributed by atoms with Gasteiger partial charge in [-0.05, 0) is 0 Å². The molecule has 1 radical (unpaired) electrons. The summed E-state index contributed by atoms with van der Waals surface area (Å²) in [5, 5.41) is 0. The van der Waals surface area contributed by atoms with Gasteiger partial charge in [0.1, 0.15) is 0 Å². The molecule has 0 aliphatic carbocycles. The molecule has 1 aliphatic heterocycles. The first-order valence-corrected chi connectivity index (χ1v) is 1.35. The predicted octanol–water partition coefficient (Wildman–Crippen LogP) is -0.915. The van der Waals surface area contributed by atoms with Crippen LogP contribution in [0.1, 0.15) is 0 Å². The van der Waals surface area contributed by atoms with Crippen LogP contribution in [0.25, 0.3) is 0 Å². The van der Waals surface area contributed by atoms with E-state index in [0.717, 1.165) is 0 Å². The number of hydrogen-bond donors (Lipinski definition) is 2. The van der Waals surface area contributed by atoms with Crippen LogP contribution in [-0.4, -0.2) is 0 Å². The minimum absolute atomic E-state index is 1.64. The van der Waals surface area contributed by atoms with Crippen LogP contribution >= 0.6 is 0 Å². The molecule has 0 aromatic rings. The Balaban J connectivity index is 2.32. The van der Waals surface area contributed by atoms with Gasteiger partial charge in [-0.2, -0.15) is 5.43 Å². The Morgan fingerprint density at radius 1 is 1.60 bits per heavy atom. The number of rotatable bonds is 0. The van der Waals surface area contributed by atoms with E-state index in [9.17, 15) is 0 Å². The molecule has 0 bridgehead atoms. The molecule has 0 unspecified atom stereocenters. The highest BCUT2D eigenvalue weighted by Gasteiger charge is 1.78. The van der Waals surface area contributed by atoms with Crippen molar-refractivity contribution in [1.29, 1.82) is 0 Å². The van der Waals surface area contributed by atoms with Crippen LogP contribution in [0.15, 0.2) is 12.4 Å². The molecule has 1 heterocycles. The predicted molar refractivity (Wildman–Crippen MR) is 17.5 cm³/mol. The minimum atomic E-state index is 1.64. The summed E-state index contributed by atoms with van der Waals surface area (Å²) in [5.41, 5.74) is 8.65. The Kier molecular flexibility index (Phi) is 0.478. The van der Waals surface area contributed by atoms with Crippen LogP contribution in [-0.2, 0) is 0 Å². The van der Waals surface area contributed by atoms with Crippen molar-refractivity contribution in [2.45, 2.75) is 0 Å². The second-order valence-corrected chi connectivity index (χ2v) is 0.701. The average Bonchev–Trinajstić information content (AvgIpc) is 1.76.